The average molecular weight is 390 g/mol. The Labute approximate surface area is 170 Å². The maximum atomic E-state index is 12.9. The molecule has 150 valence electrons. The topological polar surface area (TPSA) is 67.2 Å². The lowest BCUT2D eigenvalue weighted by Gasteiger charge is -2.33. The molecule has 1 saturated heterocycles. The Bertz CT molecular complexity index is 1130. The minimum absolute atomic E-state index is 0.00289. The molecule has 2 heterocycles. The van der Waals surface area contributed by atoms with Gasteiger partial charge in [0.05, 0.1) is 17.2 Å². The molecule has 0 aliphatic carbocycles. The second kappa shape index (κ2) is 7.70. The minimum atomic E-state index is -0.0880. The summed E-state index contributed by atoms with van der Waals surface area (Å²) in [5, 5.41) is 3.66. The Morgan fingerprint density at radius 1 is 1.03 bits per heavy atom. The summed E-state index contributed by atoms with van der Waals surface area (Å²) in [6.45, 7) is 7.23. The third-order valence-electron chi connectivity index (χ3n) is 5.71. The summed E-state index contributed by atoms with van der Waals surface area (Å²) >= 11 is 0. The standard InChI is InChI=1S/C23H26N4O2/c1-15-4-6-20(17(3)12-15)25-23(29)26-10-8-18(9-11-26)27-14-24-21-7-5-16(2)13-19(21)22(27)28/h4-7,12-14,18H,8-11H2,1-3H3,(H,25,29). The quantitative estimate of drug-likeness (QED) is 0.713. The number of benzene rings is 2. The third-order valence-corrected chi connectivity index (χ3v) is 5.71. The van der Waals surface area contributed by atoms with Gasteiger partial charge in [0.2, 0.25) is 0 Å². The predicted molar refractivity (Wildman–Crippen MR) is 116 cm³/mol. The van der Waals surface area contributed by atoms with Crippen molar-refractivity contribution in [2.24, 2.45) is 0 Å². The van der Waals surface area contributed by atoms with Crippen LogP contribution in [0.5, 0.6) is 0 Å². The van der Waals surface area contributed by atoms with Gasteiger partial charge in [0.25, 0.3) is 5.56 Å². The molecule has 1 N–H and O–H groups in total. The minimum Gasteiger partial charge on any atom is -0.324 e. The van der Waals surface area contributed by atoms with E-state index < -0.39 is 0 Å². The molecule has 1 fully saturated rings. The third kappa shape index (κ3) is 3.88. The summed E-state index contributed by atoms with van der Waals surface area (Å²) in [5.74, 6) is 0. The first-order valence-corrected chi connectivity index (χ1v) is 10.0. The Balaban J connectivity index is 1.45. The number of hydrogen-bond donors (Lipinski definition) is 1. The van der Waals surface area contributed by atoms with Crippen LogP contribution in [0, 0.1) is 20.8 Å². The zero-order valence-corrected chi connectivity index (χ0v) is 17.1. The molecule has 3 aromatic rings. The van der Waals surface area contributed by atoms with Crippen LogP contribution in [-0.4, -0.2) is 33.6 Å². The van der Waals surface area contributed by atoms with Gasteiger partial charge in [0.1, 0.15) is 0 Å². The monoisotopic (exact) mass is 390 g/mol. The van der Waals surface area contributed by atoms with Crippen molar-refractivity contribution in [3.05, 3.63) is 69.8 Å². The number of rotatable bonds is 2. The maximum absolute atomic E-state index is 12.9. The van der Waals surface area contributed by atoms with Gasteiger partial charge in [0, 0.05) is 24.8 Å². The van der Waals surface area contributed by atoms with Crippen LogP contribution in [0.15, 0.2) is 47.5 Å². The van der Waals surface area contributed by atoms with E-state index in [1.54, 1.807) is 10.9 Å². The first-order valence-electron chi connectivity index (χ1n) is 10.0. The van der Waals surface area contributed by atoms with Gasteiger partial charge in [-0.15, -0.1) is 0 Å². The molecule has 1 aliphatic heterocycles. The van der Waals surface area contributed by atoms with Crippen molar-refractivity contribution in [3.8, 4) is 0 Å². The smallest absolute Gasteiger partial charge is 0.321 e. The highest BCUT2D eigenvalue weighted by atomic mass is 16.2. The predicted octanol–water partition coefficient (Wildman–Crippen LogP) is 4.19. The molecule has 2 amide bonds. The number of carbonyl (C=O) groups excluding carboxylic acids is 1. The highest BCUT2D eigenvalue weighted by Gasteiger charge is 2.25. The maximum Gasteiger partial charge on any atom is 0.321 e. The summed E-state index contributed by atoms with van der Waals surface area (Å²) in [7, 11) is 0. The van der Waals surface area contributed by atoms with Gasteiger partial charge in [0.15, 0.2) is 0 Å². The van der Waals surface area contributed by atoms with E-state index in [0.717, 1.165) is 35.2 Å². The lowest BCUT2D eigenvalue weighted by molar-refractivity contribution is 0.182. The number of likely N-dealkylation sites (tertiary alicyclic amines) is 1. The number of nitrogens with one attached hydrogen (secondary N) is 1. The molecule has 0 saturated carbocycles. The van der Waals surface area contributed by atoms with Crippen molar-refractivity contribution < 1.29 is 4.79 Å². The van der Waals surface area contributed by atoms with E-state index in [0.29, 0.717) is 18.5 Å². The van der Waals surface area contributed by atoms with Gasteiger partial charge in [-0.3, -0.25) is 9.36 Å². The molecule has 0 atom stereocenters. The highest BCUT2D eigenvalue weighted by Crippen LogP contribution is 2.23. The fourth-order valence-corrected chi connectivity index (χ4v) is 4.01. The van der Waals surface area contributed by atoms with E-state index in [2.05, 4.69) is 16.4 Å². The Morgan fingerprint density at radius 2 is 1.72 bits per heavy atom. The van der Waals surface area contributed by atoms with E-state index in [-0.39, 0.29) is 17.6 Å². The fraction of sp³-hybridized carbons (Fsp3) is 0.348. The van der Waals surface area contributed by atoms with E-state index in [1.807, 2.05) is 56.0 Å². The average Bonchev–Trinajstić information content (AvgIpc) is 2.71. The second-order valence-electron chi connectivity index (χ2n) is 7.94. The number of aryl methyl sites for hydroxylation is 3. The molecule has 2 aromatic carbocycles. The molecule has 6 nitrogen and oxygen atoms in total. The van der Waals surface area contributed by atoms with Crippen molar-refractivity contribution in [1.82, 2.24) is 14.5 Å². The van der Waals surface area contributed by atoms with Crippen LogP contribution in [0.4, 0.5) is 10.5 Å². The molecule has 0 unspecified atom stereocenters. The summed E-state index contributed by atoms with van der Waals surface area (Å²) in [4.78, 5) is 31.9. The normalized spacial score (nSPS) is 14.9. The van der Waals surface area contributed by atoms with E-state index >= 15 is 0 Å². The highest BCUT2D eigenvalue weighted by molar-refractivity contribution is 5.90. The van der Waals surface area contributed by atoms with E-state index in [9.17, 15) is 9.59 Å². The summed E-state index contributed by atoms with van der Waals surface area (Å²) in [5.41, 5.74) is 4.84. The van der Waals surface area contributed by atoms with Crippen LogP contribution in [-0.2, 0) is 0 Å². The number of nitrogens with zero attached hydrogens (tertiary/aromatic N) is 3. The molecule has 6 heteroatoms. The molecule has 0 bridgehead atoms. The lowest BCUT2D eigenvalue weighted by atomic mass is 10.0. The van der Waals surface area contributed by atoms with E-state index in [1.165, 1.54) is 5.56 Å². The van der Waals surface area contributed by atoms with Crippen molar-refractivity contribution >= 4 is 22.6 Å². The number of piperidine rings is 1. The van der Waals surface area contributed by atoms with Gasteiger partial charge >= 0.3 is 6.03 Å². The fourth-order valence-electron chi connectivity index (χ4n) is 4.01. The number of amides is 2. The van der Waals surface area contributed by atoms with Crippen LogP contribution in [0.1, 0.15) is 35.6 Å². The molecule has 29 heavy (non-hydrogen) atoms. The number of fused-ring (bicyclic) bond motifs is 1. The Hall–Kier alpha value is -3.15. The first kappa shape index (κ1) is 19.2. The Morgan fingerprint density at radius 3 is 2.45 bits per heavy atom. The lowest BCUT2D eigenvalue weighted by Crippen LogP contribution is -2.42. The van der Waals surface area contributed by atoms with Crippen molar-refractivity contribution in [2.75, 3.05) is 18.4 Å². The van der Waals surface area contributed by atoms with Crippen molar-refractivity contribution in [3.63, 3.8) is 0 Å². The molecule has 0 radical (unpaired) electrons. The van der Waals surface area contributed by atoms with Crippen LogP contribution >= 0.6 is 0 Å². The summed E-state index contributed by atoms with van der Waals surface area (Å²) in [6.07, 6.45) is 3.12. The first-order chi connectivity index (χ1) is 13.9. The molecular weight excluding hydrogens is 364 g/mol. The largest absolute Gasteiger partial charge is 0.324 e. The summed E-state index contributed by atoms with van der Waals surface area (Å²) in [6, 6.07) is 11.7. The zero-order chi connectivity index (χ0) is 20.5. The molecule has 1 aromatic heterocycles. The molecular formula is C23H26N4O2. The number of urea groups is 1. The SMILES string of the molecule is Cc1ccc(NC(=O)N2CCC(n3cnc4ccc(C)cc4c3=O)CC2)c(C)c1. The van der Waals surface area contributed by atoms with Crippen LogP contribution in [0.3, 0.4) is 0 Å². The van der Waals surface area contributed by atoms with Crippen LogP contribution < -0.4 is 10.9 Å². The summed E-state index contributed by atoms with van der Waals surface area (Å²) < 4.78 is 1.74. The van der Waals surface area contributed by atoms with Gasteiger partial charge in [-0.1, -0.05) is 29.3 Å². The molecule has 1 aliphatic rings. The van der Waals surface area contributed by atoms with Gasteiger partial charge in [-0.05, 0) is 57.4 Å². The molecule has 0 spiro atoms. The Kier molecular flexibility index (Phi) is 5.09. The van der Waals surface area contributed by atoms with Gasteiger partial charge in [-0.2, -0.15) is 0 Å². The van der Waals surface area contributed by atoms with Gasteiger partial charge < -0.3 is 10.2 Å². The molecule has 4 rings (SSSR count). The van der Waals surface area contributed by atoms with Crippen molar-refractivity contribution in [1.29, 1.82) is 0 Å². The number of anilines is 1. The number of aromatic nitrogens is 2. The number of carbonyl (C=O) groups is 1. The zero-order valence-electron chi connectivity index (χ0n) is 17.1. The van der Waals surface area contributed by atoms with Crippen LogP contribution in [0.25, 0.3) is 10.9 Å². The van der Waals surface area contributed by atoms with Crippen LogP contribution in [0.2, 0.25) is 0 Å². The number of hydrogen-bond acceptors (Lipinski definition) is 3. The second-order valence-corrected chi connectivity index (χ2v) is 7.94. The van der Waals surface area contributed by atoms with Gasteiger partial charge in [-0.25, -0.2) is 9.78 Å². The van der Waals surface area contributed by atoms with E-state index in [4.69, 9.17) is 0 Å². The van der Waals surface area contributed by atoms with Crippen molar-refractivity contribution in [2.45, 2.75) is 39.7 Å².